The average Bonchev–Trinajstić information content (AvgIpc) is 2.41. The van der Waals surface area contributed by atoms with Crippen LogP contribution in [0.1, 0.15) is 16.7 Å². The summed E-state index contributed by atoms with van der Waals surface area (Å²) in [5.41, 5.74) is 3.89. The third-order valence-electron chi connectivity index (χ3n) is 3.38. The summed E-state index contributed by atoms with van der Waals surface area (Å²) in [6.45, 7) is 3.95. The Balaban J connectivity index is 2.10. The summed E-state index contributed by atoms with van der Waals surface area (Å²) in [6.07, 6.45) is 0. The maximum Gasteiger partial charge on any atom is 0.123 e. The molecule has 0 fully saturated rings. The van der Waals surface area contributed by atoms with Gasteiger partial charge in [-0.2, -0.15) is 0 Å². The Morgan fingerprint density at radius 2 is 1.75 bits per heavy atom. The van der Waals surface area contributed by atoms with Crippen LogP contribution in [-0.2, 0) is 13.1 Å². The van der Waals surface area contributed by atoms with E-state index < -0.39 is 0 Å². The van der Waals surface area contributed by atoms with Crippen molar-refractivity contribution in [2.75, 3.05) is 14.2 Å². The summed E-state index contributed by atoms with van der Waals surface area (Å²) >= 11 is 3.52. The van der Waals surface area contributed by atoms with Crippen molar-refractivity contribution >= 4 is 15.9 Å². The van der Waals surface area contributed by atoms with E-state index in [1.165, 1.54) is 16.7 Å². The van der Waals surface area contributed by atoms with Crippen LogP contribution >= 0.6 is 15.9 Å². The second-order valence-corrected chi connectivity index (χ2v) is 5.97. The second kappa shape index (κ2) is 6.91. The Morgan fingerprint density at radius 3 is 2.45 bits per heavy atom. The molecule has 2 nitrogen and oxygen atoms in total. The lowest BCUT2D eigenvalue weighted by atomic mass is 10.1. The van der Waals surface area contributed by atoms with Crippen molar-refractivity contribution in [2.45, 2.75) is 20.0 Å². The fourth-order valence-electron chi connectivity index (χ4n) is 2.30. The Hall–Kier alpha value is -1.32. The molecule has 0 aliphatic carbocycles. The highest BCUT2D eigenvalue weighted by Crippen LogP contribution is 2.24. The Kier molecular flexibility index (Phi) is 5.21. The summed E-state index contributed by atoms with van der Waals surface area (Å²) < 4.78 is 6.51. The molecular formula is C17H20BrNO. The first-order chi connectivity index (χ1) is 9.60. The number of aryl methyl sites for hydroxylation is 1. The van der Waals surface area contributed by atoms with E-state index in [0.29, 0.717) is 0 Å². The third kappa shape index (κ3) is 3.84. The van der Waals surface area contributed by atoms with Gasteiger partial charge in [0.25, 0.3) is 0 Å². The number of hydrogen-bond donors (Lipinski definition) is 0. The van der Waals surface area contributed by atoms with Crippen LogP contribution in [0.2, 0.25) is 0 Å². The Bertz CT molecular complexity index is 583. The van der Waals surface area contributed by atoms with E-state index >= 15 is 0 Å². The van der Waals surface area contributed by atoms with Gasteiger partial charge in [-0.15, -0.1) is 0 Å². The van der Waals surface area contributed by atoms with Gasteiger partial charge in [0.1, 0.15) is 5.75 Å². The summed E-state index contributed by atoms with van der Waals surface area (Å²) in [5, 5.41) is 0. The number of nitrogens with zero attached hydrogens (tertiary/aromatic N) is 1. The summed E-state index contributed by atoms with van der Waals surface area (Å²) in [6, 6.07) is 14.6. The molecule has 2 aromatic rings. The molecule has 0 aromatic heterocycles. The molecule has 0 saturated heterocycles. The zero-order valence-electron chi connectivity index (χ0n) is 12.2. The molecule has 0 bridgehead atoms. The molecule has 2 aromatic carbocycles. The van der Waals surface area contributed by atoms with Gasteiger partial charge in [-0.25, -0.2) is 0 Å². The first-order valence-electron chi connectivity index (χ1n) is 6.65. The molecule has 0 unspecified atom stereocenters. The van der Waals surface area contributed by atoms with Gasteiger partial charge in [-0.3, -0.25) is 4.90 Å². The lowest BCUT2D eigenvalue weighted by Crippen LogP contribution is -2.18. The molecule has 0 aliphatic heterocycles. The summed E-state index contributed by atoms with van der Waals surface area (Å²) in [7, 11) is 3.85. The number of hydrogen-bond acceptors (Lipinski definition) is 2. The topological polar surface area (TPSA) is 12.5 Å². The molecular weight excluding hydrogens is 314 g/mol. The molecule has 0 atom stereocenters. The van der Waals surface area contributed by atoms with E-state index in [1.54, 1.807) is 7.11 Å². The molecule has 2 rings (SSSR count). The van der Waals surface area contributed by atoms with Gasteiger partial charge in [0.05, 0.1) is 7.11 Å². The van der Waals surface area contributed by atoms with Crippen LogP contribution in [0, 0.1) is 6.92 Å². The first-order valence-corrected chi connectivity index (χ1v) is 7.45. The highest BCUT2D eigenvalue weighted by molar-refractivity contribution is 9.10. The van der Waals surface area contributed by atoms with E-state index in [4.69, 9.17) is 4.74 Å². The van der Waals surface area contributed by atoms with Crippen LogP contribution < -0.4 is 4.74 Å². The van der Waals surface area contributed by atoms with Crippen molar-refractivity contribution in [1.82, 2.24) is 4.90 Å². The van der Waals surface area contributed by atoms with E-state index in [-0.39, 0.29) is 0 Å². The minimum atomic E-state index is 0.858. The lowest BCUT2D eigenvalue weighted by molar-refractivity contribution is 0.309. The van der Waals surface area contributed by atoms with Crippen molar-refractivity contribution in [2.24, 2.45) is 0 Å². The molecule has 106 valence electrons. The van der Waals surface area contributed by atoms with Crippen molar-refractivity contribution in [3.05, 3.63) is 63.6 Å². The maximum atomic E-state index is 5.43. The predicted molar refractivity (Wildman–Crippen MR) is 87.0 cm³/mol. The number of rotatable bonds is 5. The fraction of sp³-hybridized carbons (Fsp3) is 0.294. The third-order valence-corrected chi connectivity index (χ3v) is 3.88. The van der Waals surface area contributed by atoms with Gasteiger partial charge in [-0.1, -0.05) is 40.2 Å². The maximum absolute atomic E-state index is 5.43. The summed E-state index contributed by atoms with van der Waals surface area (Å²) in [5.74, 6) is 0.935. The van der Waals surface area contributed by atoms with Gasteiger partial charge in [0, 0.05) is 23.1 Å². The normalized spacial score (nSPS) is 10.8. The largest absolute Gasteiger partial charge is 0.496 e. The highest BCUT2D eigenvalue weighted by Gasteiger charge is 2.08. The van der Waals surface area contributed by atoms with Crippen molar-refractivity contribution in [1.29, 1.82) is 0 Å². The number of ether oxygens (including phenoxy) is 1. The highest BCUT2D eigenvalue weighted by atomic mass is 79.9. The predicted octanol–water partition coefficient (Wildman–Crippen LogP) is 4.40. The van der Waals surface area contributed by atoms with Gasteiger partial charge >= 0.3 is 0 Å². The van der Waals surface area contributed by atoms with Gasteiger partial charge < -0.3 is 4.74 Å². The van der Waals surface area contributed by atoms with Crippen molar-refractivity contribution < 1.29 is 4.74 Å². The number of benzene rings is 2. The molecule has 3 heteroatoms. The lowest BCUT2D eigenvalue weighted by Gasteiger charge is -2.19. The molecule has 0 aliphatic rings. The van der Waals surface area contributed by atoms with Gasteiger partial charge in [-0.05, 0) is 43.3 Å². The molecule has 0 radical (unpaired) electrons. The van der Waals surface area contributed by atoms with E-state index in [2.05, 4.69) is 65.1 Å². The van der Waals surface area contributed by atoms with Crippen molar-refractivity contribution in [3.63, 3.8) is 0 Å². The van der Waals surface area contributed by atoms with Crippen LogP contribution in [0.5, 0.6) is 5.75 Å². The molecule has 20 heavy (non-hydrogen) atoms. The van der Waals surface area contributed by atoms with E-state index in [1.807, 2.05) is 12.1 Å². The zero-order valence-corrected chi connectivity index (χ0v) is 13.8. The molecule has 0 spiro atoms. The van der Waals surface area contributed by atoms with Crippen LogP contribution in [0.25, 0.3) is 0 Å². The fourth-order valence-corrected chi connectivity index (χ4v) is 2.70. The van der Waals surface area contributed by atoms with Crippen LogP contribution in [0.3, 0.4) is 0 Å². The van der Waals surface area contributed by atoms with Crippen LogP contribution in [0.4, 0.5) is 0 Å². The number of halogens is 1. The van der Waals surface area contributed by atoms with Gasteiger partial charge in [0.15, 0.2) is 0 Å². The minimum Gasteiger partial charge on any atom is -0.496 e. The van der Waals surface area contributed by atoms with Gasteiger partial charge in [0.2, 0.25) is 0 Å². The van der Waals surface area contributed by atoms with E-state index in [9.17, 15) is 0 Å². The second-order valence-electron chi connectivity index (χ2n) is 5.05. The molecule has 0 amide bonds. The zero-order chi connectivity index (χ0) is 14.5. The molecule has 0 heterocycles. The van der Waals surface area contributed by atoms with E-state index in [0.717, 1.165) is 23.3 Å². The smallest absolute Gasteiger partial charge is 0.123 e. The molecule has 0 saturated carbocycles. The van der Waals surface area contributed by atoms with Crippen LogP contribution in [0.15, 0.2) is 46.9 Å². The Labute approximate surface area is 129 Å². The minimum absolute atomic E-state index is 0.858. The average molecular weight is 334 g/mol. The monoisotopic (exact) mass is 333 g/mol. The summed E-state index contributed by atoms with van der Waals surface area (Å²) in [4.78, 5) is 2.30. The Morgan fingerprint density at radius 1 is 1.05 bits per heavy atom. The molecule has 0 N–H and O–H groups in total. The number of methoxy groups -OCH3 is 1. The SMILES string of the molecule is COc1ccc(Br)cc1CN(C)Cc1ccccc1C. The first kappa shape index (κ1) is 15.1. The van der Waals surface area contributed by atoms with Crippen molar-refractivity contribution in [3.8, 4) is 5.75 Å². The van der Waals surface area contributed by atoms with Crippen LogP contribution in [-0.4, -0.2) is 19.1 Å². The quantitative estimate of drug-likeness (QED) is 0.804. The standard InChI is InChI=1S/C17H20BrNO/c1-13-6-4-5-7-14(13)11-19(2)12-15-10-16(18)8-9-17(15)20-3/h4-10H,11-12H2,1-3H3.